The fourth-order valence-corrected chi connectivity index (χ4v) is 2.56. The number of carbonyl (C=O) groups is 1. The second-order valence-corrected chi connectivity index (χ2v) is 6.22. The number of guanidine groups is 1. The van der Waals surface area contributed by atoms with Crippen molar-refractivity contribution in [1.82, 2.24) is 5.32 Å². The predicted molar refractivity (Wildman–Crippen MR) is 106 cm³/mol. The summed E-state index contributed by atoms with van der Waals surface area (Å²) in [4.78, 5) is 26.4. The Morgan fingerprint density at radius 2 is 1.79 bits per heavy atom. The number of nitrogens with zero attached hydrogens (tertiary/aromatic N) is 3. The van der Waals surface area contributed by atoms with E-state index in [0.29, 0.717) is 26.7 Å². The van der Waals surface area contributed by atoms with Crippen LogP contribution in [0.3, 0.4) is 0 Å². The summed E-state index contributed by atoms with van der Waals surface area (Å²) in [5, 5.41) is 19.9. The van der Waals surface area contributed by atoms with Crippen molar-refractivity contribution in [3.63, 3.8) is 0 Å². The Morgan fingerprint density at radius 1 is 1.18 bits per heavy atom. The van der Waals surface area contributed by atoms with E-state index in [1.165, 1.54) is 6.21 Å². The van der Waals surface area contributed by atoms with Gasteiger partial charge in [0, 0.05) is 5.56 Å². The van der Waals surface area contributed by atoms with E-state index in [0.717, 1.165) is 0 Å². The van der Waals surface area contributed by atoms with Crippen LogP contribution < -0.4 is 11.1 Å². The van der Waals surface area contributed by atoms with Gasteiger partial charge >= 0.3 is 0 Å². The fourth-order valence-electron chi connectivity index (χ4n) is 2.06. The number of carbonyl (C=O) groups excluding carboxylic acids is 1. The van der Waals surface area contributed by atoms with Crippen molar-refractivity contribution in [1.29, 1.82) is 0 Å². The largest absolute Gasteiger partial charge is 0.368 e. The number of rotatable bonds is 7. The molecule has 2 aromatic carbocycles. The molecule has 0 aliphatic rings. The normalized spacial score (nSPS) is 11.4. The molecular weight excluding hydrogens is 409 g/mol. The molecule has 0 saturated heterocycles. The molecule has 9 nitrogen and oxygen atoms in total. The maximum absolute atomic E-state index is 12.0. The molecule has 0 bridgehead atoms. The molecule has 2 aromatic rings. The fraction of sp³-hybridized carbons (Fsp3) is 0.118. The summed E-state index contributed by atoms with van der Waals surface area (Å²) in [6, 6.07) is 11.6. The summed E-state index contributed by atoms with van der Waals surface area (Å²) in [5.74, 6) is -0.595. The molecule has 0 saturated carbocycles. The molecule has 3 N–H and O–H groups in total. The van der Waals surface area contributed by atoms with Crippen molar-refractivity contribution in [2.24, 2.45) is 15.9 Å². The molecule has 146 valence electrons. The van der Waals surface area contributed by atoms with Crippen LogP contribution in [0.4, 0.5) is 0 Å². The molecule has 0 aliphatic heterocycles. The molecule has 11 heteroatoms. The Hall–Kier alpha value is -3.17. The van der Waals surface area contributed by atoms with E-state index >= 15 is 0 Å². The van der Waals surface area contributed by atoms with Gasteiger partial charge in [0.15, 0.2) is 0 Å². The van der Waals surface area contributed by atoms with Gasteiger partial charge < -0.3 is 10.6 Å². The third kappa shape index (κ3) is 6.86. The second kappa shape index (κ2) is 10.2. The highest BCUT2D eigenvalue weighted by molar-refractivity contribution is 6.38. The van der Waals surface area contributed by atoms with E-state index in [-0.39, 0.29) is 19.0 Å². The maximum atomic E-state index is 12.0. The van der Waals surface area contributed by atoms with E-state index in [4.69, 9.17) is 28.9 Å². The lowest BCUT2D eigenvalue weighted by Gasteiger charge is -2.05. The summed E-state index contributed by atoms with van der Waals surface area (Å²) >= 11 is 12.0. The van der Waals surface area contributed by atoms with Crippen LogP contribution in [0, 0.1) is 10.1 Å². The van der Waals surface area contributed by atoms with Gasteiger partial charge in [0.2, 0.25) is 11.9 Å². The molecule has 28 heavy (non-hydrogen) atoms. The van der Waals surface area contributed by atoms with Crippen LogP contribution in [0.5, 0.6) is 0 Å². The van der Waals surface area contributed by atoms with Gasteiger partial charge in [0.25, 0.3) is 5.09 Å². The molecule has 0 radical (unpaired) electrons. The van der Waals surface area contributed by atoms with Crippen molar-refractivity contribution < 1.29 is 14.7 Å². The summed E-state index contributed by atoms with van der Waals surface area (Å²) in [7, 11) is 0. The van der Waals surface area contributed by atoms with Crippen LogP contribution in [0.15, 0.2) is 52.7 Å². The predicted octanol–water partition coefficient (Wildman–Crippen LogP) is 2.71. The summed E-state index contributed by atoms with van der Waals surface area (Å²) in [6.45, 7) is -0.160. The Morgan fingerprint density at radius 3 is 2.39 bits per heavy atom. The first-order valence-corrected chi connectivity index (χ1v) is 8.56. The van der Waals surface area contributed by atoms with Crippen LogP contribution in [0.2, 0.25) is 10.0 Å². The minimum Gasteiger partial charge on any atom is -0.368 e. The van der Waals surface area contributed by atoms with Crippen molar-refractivity contribution in [3.8, 4) is 0 Å². The number of hydrogen-bond acceptors (Lipinski definition) is 6. The van der Waals surface area contributed by atoms with Gasteiger partial charge in [0.05, 0.1) is 22.7 Å². The van der Waals surface area contributed by atoms with E-state index < -0.39 is 11.0 Å². The first kappa shape index (κ1) is 21.1. The number of benzene rings is 2. The number of amides is 1. The Labute approximate surface area is 169 Å². The topological polar surface area (TPSA) is 132 Å². The number of halogens is 2. The van der Waals surface area contributed by atoms with Gasteiger partial charge in [-0.3, -0.25) is 10.1 Å². The zero-order chi connectivity index (χ0) is 20.5. The number of nitrogens with two attached hydrogens (primary N) is 1. The van der Waals surface area contributed by atoms with Gasteiger partial charge in [-0.15, -0.1) is 15.2 Å². The van der Waals surface area contributed by atoms with Gasteiger partial charge in [-0.2, -0.15) is 5.10 Å². The number of nitrogens with one attached hydrogen (secondary N) is 1. The van der Waals surface area contributed by atoms with Crippen LogP contribution in [-0.2, 0) is 22.7 Å². The van der Waals surface area contributed by atoms with E-state index in [1.54, 1.807) is 42.5 Å². The smallest absolute Gasteiger partial charge is 0.294 e. The third-order valence-electron chi connectivity index (χ3n) is 3.34. The number of hydrogen-bond donors (Lipinski definition) is 2. The first-order chi connectivity index (χ1) is 13.3. The summed E-state index contributed by atoms with van der Waals surface area (Å²) in [5.41, 5.74) is 7.39. The molecule has 0 atom stereocenters. The van der Waals surface area contributed by atoms with Crippen LogP contribution in [0.1, 0.15) is 16.7 Å². The maximum Gasteiger partial charge on any atom is 0.294 e. The van der Waals surface area contributed by atoms with Crippen LogP contribution in [0.25, 0.3) is 0 Å². The Bertz CT molecular complexity index is 896. The molecule has 0 fully saturated rings. The van der Waals surface area contributed by atoms with E-state index in [9.17, 15) is 14.9 Å². The zero-order valence-electron chi connectivity index (χ0n) is 14.3. The highest BCUT2D eigenvalue weighted by Gasteiger charge is 2.06. The van der Waals surface area contributed by atoms with E-state index in [1.807, 2.05) is 0 Å². The van der Waals surface area contributed by atoms with Crippen LogP contribution >= 0.6 is 23.2 Å². The molecular formula is C17H15Cl2N5O4. The SMILES string of the molecule is N/C(=N\N=C\c1c(Cl)cccc1Cl)NC(=O)Cc1ccc(CO[N+](=O)[O-])cc1. The minimum absolute atomic E-state index is 0.0344. The third-order valence-corrected chi connectivity index (χ3v) is 4.00. The van der Waals surface area contributed by atoms with Gasteiger partial charge in [0.1, 0.15) is 6.61 Å². The Balaban J connectivity index is 1.89. The molecule has 2 rings (SSSR count). The first-order valence-electron chi connectivity index (χ1n) is 7.80. The summed E-state index contributed by atoms with van der Waals surface area (Å²) < 4.78 is 0. The van der Waals surface area contributed by atoms with E-state index in [2.05, 4.69) is 20.4 Å². The lowest BCUT2D eigenvalue weighted by Crippen LogP contribution is -2.37. The van der Waals surface area contributed by atoms with Gasteiger partial charge in [-0.25, -0.2) is 0 Å². The minimum atomic E-state index is -0.869. The zero-order valence-corrected chi connectivity index (χ0v) is 15.9. The molecule has 0 heterocycles. The highest BCUT2D eigenvalue weighted by atomic mass is 35.5. The Kier molecular flexibility index (Phi) is 7.73. The molecule has 1 amide bonds. The average Bonchev–Trinajstić information content (AvgIpc) is 2.63. The van der Waals surface area contributed by atoms with Crippen molar-refractivity contribution in [3.05, 3.63) is 79.3 Å². The monoisotopic (exact) mass is 423 g/mol. The van der Waals surface area contributed by atoms with Crippen molar-refractivity contribution >= 4 is 41.3 Å². The molecule has 0 aromatic heterocycles. The molecule has 0 unspecified atom stereocenters. The van der Waals surface area contributed by atoms with Crippen LogP contribution in [-0.4, -0.2) is 23.2 Å². The quantitative estimate of drug-likeness (QED) is 0.305. The lowest BCUT2D eigenvalue weighted by atomic mass is 10.1. The summed E-state index contributed by atoms with van der Waals surface area (Å²) in [6.07, 6.45) is 1.36. The highest BCUT2D eigenvalue weighted by Crippen LogP contribution is 2.22. The van der Waals surface area contributed by atoms with Gasteiger partial charge in [-0.1, -0.05) is 53.5 Å². The molecule has 0 spiro atoms. The lowest BCUT2D eigenvalue weighted by molar-refractivity contribution is -0.763. The second-order valence-electron chi connectivity index (χ2n) is 5.40. The molecule has 0 aliphatic carbocycles. The van der Waals surface area contributed by atoms with Crippen molar-refractivity contribution in [2.45, 2.75) is 13.0 Å². The van der Waals surface area contributed by atoms with Gasteiger partial charge in [-0.05, 0) is 23.3 Å². The average molecular weight is 424 g/mol. The standard InChI is InChI=1S/C17H15Cl2N5O4/c18-14-2-1-3-15(19)13(14)9-21-23-17(20)22-16(25)8-11-4-6-12(7-5-11)10-28-24(26)27/h1-7,9H,8,10H2,(H3,20,22,23,25)/b21-9+. The van der Waals surface area contributed by atoms with Crippen molar-refractivity contribution in [2.75, 3.05) is 0 Å².